The number of aliphatic hydroxyl groups is 1. The van der Waals surface area contributed by atoms with Gasteiger partial charge in [0.05, 0.1) is 24.2 Å². The number of carboxylic acid groups (broad SMARTS) is 1. The number of carbonyl (C=O) groups is 1. The molecule has 0 saturated heterocycles. The van der Waals surface area contributed by atoms with E-state index in [4.69, 9.17) is 33.0 Å². The molecule has 1 fully saturated rings. The van der Waals surface area contributed by atoms with E-state index in [1.54, 1.807) is 0 Å². The average molecular weight is 373 g/mol. The Morgan fingerprint density at radius 1 is 1.33 bits per heavy atom. The third-order valence-corrected chi connectivity index (χ3v) is 6.49. The topological polar surface area (TPSA) is 66.8 Å². The van der Waals surface area contributed by atoms with Gasteiger partial charge in [-0.15, -0.1) is 0 Å². The zero-order valence-corrected chi connectivity index (χ0v) is 15.2. The van der Waals surface area contributed by atoms with E-state index in [1.807, 2.05) is 6.07 Å². The molecule has 2 unspecified atom stereocenters. The summed E-state index contributed by atoms with van der Waals surface area (Å²) in [5.41, 5.74) is 1.43. The van der Waals surface area contributed by atoms with E-state index in [2.05, 4.69) is 6.92 Å². The van der Waals surface area contributed by atoms with Crippen molar-refractivity contribution in [3.05, 3.63) is 27.2 Å². The van der Waals surface area contributed by atoms with Crippen LogP contribution >= 0.6 is 23.2 Å². The summed E-state index contributed by atoms with van der Waals surface area (Å²) in [4.78, 5) is 10.6. The van der Waals surface area contributed by atoms with Crippen LogP contribution in [0.3, 0.4) is 0 Å². The fourth-order valence-corrected chi connectivity index (χ4v) is 4.78. The SMILES string of the molecule is CC1(C2CCCC2)Cc2cc(OCCC(=O)O)c(Cl)c(Cl)c2C1O. The molecule has 24 heavy (non-hydrogen) atoms. The standard InChI is InChI=1S/C18H22Cl2O4/c1-18(11-4-2-3-5-11)9-10-8-12(24-7-6-13(21)22)15(19)16(20)14(10)17(18)23/h8,11,17,23H,2-7,9H2,1H3,(H,21,22). The molecule has 0 heterocycles. The van der Waals surface area contributed by atoms with Crippen molar-refractivity contribution in [1.29, 1.82) is 0 Å². The number of hydrogen-bond donors (Lipinski definition) is 2. The highest BCUT2D eigenvalue weighted by Gasteiger charge is 2.49. The molecule has 0 amide bonds. The molecule has 0 bridgehead atoms. The van der Waals surface area contributed by atoms with Crippen molar-refractivity contribution in [3.63, 3.8) is 0 Å². The summed E-state index contributed by atoms with van der Waals surface area (Å²) in [6.45, 7) is 2.16. The van der Waals surface area contributed by atoms with Crippen LogP contribution in [0.2, 0.25) is 10.0 Å². The van der Waals surface area contributed by atoms with Gasteiger partial charge in [0.15, 0.2) is 0 Å². The number of fused-ring (bicyclic) bond motifs is 1. The van der Waals surface area contributed by atoms with Crippen LogP contribution in [-0.4, -0.2) is 22.8 Å². The van der Waals surface area contributed by atoms with Gasteiger partial charge in [-0.05, 0) is 36.8 Å². The van der Waals surface area contributed by atoms with Gasteiger partial charge in [0.25, 0.3) is 0 Å². The van der Waals surface area contributed by atoms with Crippen LogP contribution < -0.4 is 4.74 Å². The second-order valence-corrected chi connectivity index (χ2v) is 7.89. The van der Waals surface area contributed by atoms with E-state index >= 15 is 0 Å². The van der Waals surface area contributed by atoms with Gasteiger partial charge in [-0.2, -0.15) is 0 Å². The van der Waals surface area contributed by atoms with Crippen LogP contribution in [0.1, 0.15) is 56.3 Å². The van der Waals surface area contributed by atoms with Crippen molar-refractivity contribution < 1.29 is 19.7 Å². The molecule has 2 aliphatic carbocycles. The first-order chi connectivity index (χ1) is 11.3. The lowest BCUT2D eigenvalue weighted by atomic mass is 9.72. The van der Waals surface area contributed by atoms with Crippen LogP contribution in [0.15, 0.2) is 6.07 Å². The molecule has 0 aromatic heterocycles. The Kier molecular flexibility index (Phi) is 5.01. The number of aliphatic carboxylic acids is 1. The number of hydrogen-bond acceptors (Lipinski definition) is 3. The van der Waals surface area contributed by atoms with Crippen molar-refractivity contribution in [1.82, 2.24) is 0 Å². The van der Waals surface area contributed by atoms with Crippen LogP contribution in [0.25, 0.3) is 0 Å². The predicted molar refractivity (Wildman–Crippen MR) is 92.9 cm³/mol. The van der Waals surface area contributed by atoms with Gasteiger partial charge in [-0.1, -0.05) is 43.0 Å². The Hall–Kier alpha value is -0.970. The summed E-state index contributed by atoms with van der Waals surface area (Å²) in [5, 5.41) is 20.2. The van der Waals surface area contributed by atoms with Crippen molar-refractivity contribution in [2.24, 2.45) is 11.3 Å². The lowest BCUT2D eigenvalue weighted by Gasteiger charge is -2.35. The smallest absolute Gasteiger partial charge is 0.306 e. The number of ether oxygens (including phenoxy) is 1. The Bertz CT molecular complexity index is 655. The second-order valence-electron chi connectivity index (χ2n) is 7.13. The van der Waals surface area contributed by atoms with E-state index in [0.717, 1.165) is 24.8 Å². The zero-order chi connectivity index (χ0) is 17.5. The first kappa shape index (κ1) is 17.8. The summed E-state index contributed by atoms with van der Waals surface area (Å²) < 4.78 is 5.50. The van der Waals surface area contributed by atoms with E-state index in [-0.39, 0.29) is 23.5 Å². The van der Waals surface area contributed by atoms with Crippen LogP contribution in [0.5, 0.6) is 5.75 Å². The maximum atomic E-state index is 10.9. The van der Waals surface area contributed by atoms with E-state index in [1.165, 1.54) is 12.8 Å². The van der Waals surface area contributed by atoms with Crippen molar-refractivity contribution in [2.75, 3.05) is 6.61 Å². The normalized spacial score (nSPS) is 26.6. The molecule has 1 aromatic rings. The third-order valence-electron chi connectivity index (χ3n) is 5.63. The highest BCUT2D eigenvalue weighted by molar-refractivity contribution is 6.43. The molecule has 1 aromatic carbocycles. The molecule has 132 valence electrons. The monoisotopic (exact) mass is 372 g/mol. The maximum Gasteiger partial charge on any atom is 0.306 e. The third kappa shape index (κ3) is 3.00. The van der Waals surface area contributed by atoms with Gasteiger partial charge < -0.3 is 14.9 Å². The van der Waals surface area contributed by atoms with Gasteiger partial charge in [-0.3, -0.25) is 4.79 Å². The number of benzene rings is 1. The number of halogens is 2. The van der Waals surface area contributed by atoms with Crippen molar-refractivity contribution >= 4 is 29.2 Å². The van der Waals surface area contributed by atoms with Gasteiger partial charge in [-0.25, -0.2) is 0 Å². The fourth-order valence-electron chi connectivity index (χ4n) is 4.25. The molecular weight excluding hydrogens is 351 g/mol. The Morgan fingerprint density at radius 3 is 2.62 bits per heavy atom. The van der Waals surface area contributed by atoms with Crippen LogP contribution in [0, 0.1) is 11.3 Å². The minimum Gasteiger partial charge on any atom is -0.491 e. The molecule has 0 radical (unpaired) electrons. The summed E-state index contributed by atoms with van der Waals surface area (Å²) in [5.74, 6) is -0.0572. The quantitative estimate of drug-likeness (QED) is 0.790. The van der Waals surface area contributed by atoms with Crippen molar-refractivity contribution in [3.8, 4) is 5.75 Å². The Morgan fingerprint density at radius 2 is 2.00 bits per heavy atom. The molecule has 1 saturated carbocycles. The lowest BCUT2D eigenvalue weighted by molar-refractivity contribution is -0.137. The van der Waals surface area contributed by atoms with Gasteiger partial charge >= 0.3 is 5.97 Å². The molecule has 0 aliphatic heterocycles. The molecular formula is C18H22Cl2O4. The summed E-state index contributed by atoms with van der Waals surface area (Å²) in [6.07, 6.45) is 4.69. The molecule has 2 N–H and O–H groups in total. The van der Waals surface area contributed by atoms with E-state index in [0.29, 0.717) is 22.3 Å². The highest BCUT2D eigenvalue weighted by atomic mass is 35.5. The van der Waals surface area contributed by atoms with Gasteiger partial charge in [0.1, 0.15) is 10.8 Å². The first-order valence-electron chi connectivity index (χ1n) is 8.38. The van der Waals surface area contributed by atoms with Crippen molar-refractivity contribution in [2.45, 2.75) is 51.6 Å². The predicted octanol–water partition coefficient (Wildman–Crippen LogP) is 4.63. The molecule has 4 nitrogen and oxygen atoms in total. The number of carboxylic acids is 1. The molecule has 0 spiro atoms. The Balaban J connectivity index is 1.89. The first-order valence-corrected chi connectivity index (χ1v) is 9.13. The highest BCUT2D eigenvalue weighted by Crippen LogP contribution is 2.57. The minimum atomic E-state index is -0.928. The molecule has 3 rings (SSSR count). The minimum absolute atomic E-state index is 0.0343. The lowest BCUT2D eigenvalue weighted by Crippen LogP contribution is -2.30. The van der Waals surface area contributed by atoms with E-state index in [9.17, 15) is 9.90 Å². The van der Waals surface area contributed by atoms with Crippen LogP contribution in [0.4, 0.5) is 0 Å². The summed E-state index contributed by atoms with van der Waals surface area (Å²) >= 11 is 12.7. The van der Waals surface area contributed by atoms with Crippen LogP contribution in [-0.2, 0) is 11.2 Å². The van der Waals surface area contributed by atoms with Gasteiger partial charge in [0, 0.05) is 11.0 Å². The fraction of sp³-hybridized carbons (Fsp3) is 0.611. The largest absolute Gasteiger partial charge is 0.491 e. The van der Waals surface area contributed by atoms with E-state index < -0.39 is 12.1 Å². The number of aliphatic hydroxyl groups excluding tert-OH is 1. The number of rotatable bonds is 5. The Labute approximate surface area is 151 Å². The average Bonchev–Trinajstić information content (AvgIpc) is 3.13. The van der Waals surface area contributed by atoms with Gasteiger partial charge in [0.2, 0.25) is 0 Å². The maximum absolute atomic E-state index is 10.9. The summed E-state index contributed by atoms with van der Waals surface area (Å²) in [7, 11) is 0. The molecule has 2 atom stereocenters. The summed E-state index contributed by atoms with van der Waals surface area (Å²) in [6, 6.07) is 1.81. The molecule has 2 aliphatic rings. The zero-order valence-electron chi connectivity index (χ0n) is 13.6. The second kappa shape index (κ2) is 6.74. The molecule has 6 heteroatoms.